The van der Waals surface area contributed by atoms with E-state index in [1.807, 2.05) is 0 Å². The summed E-state index contributed by atoms with van der Waals surface area (Å²) in [6, 6.07) is 4.30. The first kappa shape index (κ1) is 12.7. The number of carboxylic acids is 1. The van der Waals surface area contributed by atoms with Crippen LogP contribution in [-0.4, -0.2) is 35.5 Å². The lowest BCUT2D eigenvalue weighted by Crippen LogP contribution is -2.51. The monoisotopic (exact) mass is 284 g/mol. The summed E-state index contributed by atoms with van der Waals surface area (Å²) in [4.78, 5) is 16.6. The van der Waals surface area contributed by atoms with E-state index < -0.39 is 23.8 Å². The maximum Gasteiger partial charge on any atom is 0.320 e. The molecule has 1 saturated heterocycles. The number of rotatable bonds is 1. The molecule has 0 amide bonds. The molecule has 0 radical (unpaired) electrons. The predicted octanol–water partition coefficient (Wildman–Crippen LogP) is 0.682. The van der Waals surface area contributed by atoms with Gasteiger partial charge in [-0.25, -0.2) is 0 Å². The molecule has 2 heterocycles. The molecule has 0 spiro atoms. The van der Waals surface area contributed by atoms with Gasteiger partial charge in [-0.05, 0) is 6.07 Å². The molecule has 1 unspecified atom stereocenters. The lowest BCUT2D eigenvalue weighted by molar-refractivity contribution is -0.139. The normalized spacial score (nSPS) is 32.9. The summed E-state index contributed by atoms with van der Waals surface area (Å²) in [6.07, 6.45) is -0.765. The van der Waals surface area contributed by atoms with Gasteiger partial charge in [-0.1, -0.05) is 23.7 Å². The van der Waals surface area contributed by atoms with Crippen LogP contribution < -0.4 is 10.4 Å². The van der Waals surface area contributed by atoms with Crippen molar-refractivity contribution >= 4 is 23.3 Å². The molecule has 1 aromatic carbocycles. The summed E-state index contributed by atoms with van der Waals surface area (Å²) < 4.78 is 0. The van der Waals surface area contributed by atoms with Crippen LogP contribution in [0.5, 0.6) is 0 Å². The Morgan fingerprint density at radius 2 is 2.37 bits per heavy atom. The molecule has 0 bridgehead atoms. The fourth-order valence-electron chi connectivity index (χ4n) is 2.72. The number of hydroxylamine groups is 1. The van der Waals surface area contributed by atoms with Crippen molar-refractivity contribution in [3.8, 4) is 0 Å². The van der Waals surface area contributed by atoms with E-state index in [4.69, 9.17) is 21.5 Å². The topological polar surface area (TPSA) is 82.0 Å². The van der Waals surface area contributed by atoms with Crippen molar-refractivity contribution < 1.29 is 19.8 Å². The minimum atomic E-state index is -1.39. The summed E-state index contributed by atoms with van der Waals surface area (Å²) in [5, 5.41) is 24.5. The molecular formula is C12H13ClN2O4. The van der Waals surface area contributed by atoms with Crippen molar-refractivity contribution in [2.45, 2.75) is 24.3 Å². The van der Waals surface area contributed by atoms with Crippen molar-refractivity contribution in [2.75, 3.05) is 12.1 Å². The van der Waals surface area contributed by atoms with Crippen molar-refractivity contribution in [3.05, 3.63) is 28.8 Å². The van der Waals surface area contributed by atoms with E-state index in [1.165, 1.54) is 5.06 Å². The zero-order valence-corrected chi connectivity index (χ0v) is 10.9. The van der Waals surface area contributed by atoms with Crippen LogP contribution in [0.15, 0.2) is 18.2 Å². The van der Waals surface area contributed by atoms with Crippen molar-refractivity contribution in [2.24, 2.45) is 0 Å². The molecule has 0 aromatic heterocycles. The zero-order valence-electron chi connectivity index (χ0n) is 10.1. The Morgan fingerprint density at radius 1 is 1.63 bits per heavy atom. The third kappa shape index (κ3) is 1.72. The molecule has 6 nitrogen and oxygen atoms in total. The van der Waals surface area contributed by atoms with Gasteiger partial charge in [0.25, 0.3) is 0 Å². The second-order valence-corrected chi connectivity index (χ2v) is 5.21. The van der Waals surface area contributed by atoms with Gasteiger partial charge in [0.05, 0.1) is 10.7 Å². The number of carbonyl (C=O) groups is 1. The number of benzene rings is 1. The van der Waals surface area contributed by atoms with Crippen LogP contribution in [0.1, 0.15) is 12.0 Å². The Kier molecular flexibility index (Phi) is 2.72. The van der Waals surface area contributed by atoms with Gasteiger partial charge in [-0.2, -0.15) is 0 Å². The van der Waals surface area contributed by atoms with Crippen LogP contribution in [0.25, 0.3) is 0 Å². The van der Waals surface area contributed by atoms with E-state index in [2.05, 4.69) is 5.32 Å². The highest BCUT2D eigenvalue weighted by atomic mass is 35.5. The highest BCUT2D eigenvalue weighted by Gasteiger charge is 2.55. The molecule has 3 atom stereocenters. The molecular weight excluding hydrogens is 272 g/mol. The Bertz CT molecular complexity index is 553. The number of fused-ring (bicyclic) bond motifs is 3. The number of anilines is 1. The summed E-state index contributed by atoms with van der Waals surface area (Å²) in [6.45, 7) is 0. The van der Waals surface area contributed by atoms with Crippen LogP contribution in [-0.2, 0) is 15.2 Å². The third-order valence-electron chi connectivity index (χ3n) is 3.63. The highest BCUT2D eigenvalue weighted by molar-refractivity contribution is 6.33. The molecule has 1 aromatic rings. The Balaban J connectivity index is 2.11. The van der Waals surface area contributed by atoms with E-state index >= 15 is 0 Å². The first-order valence-corrected chi connectivity index (χ1v) is 6.22. The number of aliphatic hydroxyl groups is 1. The Hall–Kier alpha value is -1.34. The van der Waals surface area contributed by atoms with Crippen LogP contribution in [0.3, 0.4) is 0 Å². The van der Waals surface area contributed by atoms with Crippen LogP contribution >= 0.6 is 11.6 Å². The van der Waals surface area contributed by atoms with E-state index in [1.54, 1.807) is 25.2 Å². The number of nitrogens with one attached hydrogen (secondary N) is 1. The number of para-hydroxylation sites is 1. The average Bonchev–Trinajstić information content (AvgIpc) is 2.68. The quantitative estimate of drug-likeness (QED) is 0.704. The first-order chi connectivity index (χ1) is 8.93. The van der Waals surface area contributed by atoms with Gasteiger partial charge in [-0.15, -0.1) is 0 Å². The molecule has 0 saturated carbocycles. The molecule has 2 aliphatic rings. The Morgan fingerprint density at radius 3 is 3.05 bits per heavy atom. The Labute approximate surface area is 114 Å². The van der Waals surface area contributed by atoms with Crippen molar-refractivity contribution in [3.63, 3.8) is 0 Å². The molecule has 2 aliphatic heterocycles. The lowest BCUT2D eigenvalue weighted by Gasteiger charge is -2.40. The number of halogens is 1. The van der Waals surface area contributed by atoms with Gasteiger partial charge in [-0.3, -0.25) is 20.0 Å². The second-order valence-electron chi connectivity index (χ2n) is 4.80. The summed E-state index contributed by atoms with van der Waals surface area (Å²) in [5.41, 5.74) is -0.249. The third-order valence-corrected chi connectivity index (χ3v) is 3.94. The smallest absolute Gasteiger partial charge is 0.320 e. The molecule has 7 heteroatoms. The molecule has 102 valence electrons. The number of hydrogen-bond acceptors (Lipinski definition) is 5. The van der Waals surface area contributed by atoms with Gasteiger partial charge < -0.3 is 10.2 Å². The molecule has 0 aliphatic carbocycles. The minimum absolute atomic E-state index is 0.0359. The van der Waals surface area contributed by atoms with E-state index in [-0.39, 0.29) is 6.42 Å². The van der Waals surface area contributed by atoms with Gasteiger partial charge >= 0.3 is 5.97 Å². The maximum atomic E-state index is 11.1. The van der Waals surface area contributed by atoms with Gasteiger partial charge in [0.1, 0.15) is 11.6 Å². The number of carboxylic acid groups (broad SMARTS) is 1. The molecule has 19 heavy (non-hydrogen) atoms. The molecule has 3 N–H and O–H groups in total. The van der Waals surface area contributed by atoms with Crippen LogP contribution in [0.2, 0.25) is 5.02 Å². The highest BCUT2D eigenvalue weighted by Crippen LogP contribution is 2.47. The minimum Gasteiger partial charge on any atom is -0.480 e. The van der Waals surface area contributed by atoms with Gasteiger partial charge in [0.15, 0.2) is 6.23 Å². The average molecular weight is 285 g/mol. The molecule has 1 fully saturated rings. The summed E-state index contributed by atoms with van der Waals surface area (Å²) >= 11 is 6.12. The van der Waals surface area contributed by atoms with Crippen molar-refractivity contribution in [1.29, 1.82) is 0 Å². The maximum absolute atomic E-state index is 11.1. The largest absolute Gasteiger partial charge is 0.480 e. The standard InChI is InChI=1S/C12H13ClN2O4/c1-15-9-6(3-2-4-7(9)13)12(18)5-8(10(16)17)14-11(12)19-15/h2-4,8,11,14,18H,5H2,1H3,(H,16,17)/t8?,11-,12-/m1/s1. The predicted molar refractivity (Wildman–Crippen MR) is 67.8 cm³/mol. The van der Waals surface area contributed by atoms with E-state index in [0.29, 0.717) is 16.3 Å². The SMILES string of the molecule is CN1O[C@H]2NC(C(=O)O)C[C@@]2(O)c2cccc(Cl)c21. The van der Waals surface area contributed by atoms with Crippen LogP contribution in [0.4, 0.5) is 5.69 Å². The number of hydrogen-bond donors (Lipinski definition) is 3. The second kappa shape index (κ2) is 4.08. The van der Waals surface area contributed by atoms with Crippen LogP contribution in [0, 0.1) is 0 Å². The number of aliphatic carboxylic acids is 1. The first-order valence-electron chi connectivity index (χ1n) is 5.84. The fourth-order valence-corrected chi connectivity index (χ4v) is 3.01. The van der Waals surface area contributed by atoms with Gasteiger partial charge in [0, 0.05) is 19.0 Å². The van der Waals surface area contributed by atoms with Crippen molar-refractivity contribution in [1.82, 2.24) is 5.32 Å². The van der Waals surface area contributed by atoms with E-state index in [9.17, 15) is 9.90 Å². The summed E-state index contributed by atoms with van der Waals surface area (Å²) in [5.74, 6) is -1.02. The number of nitrogens with zero attached hydrogens (tertiary/aromatic N) is 1. The lowest BCUT2D eigenvalue weighted by atomic mass is 9.87. The fraction of sp³-hybridized carbons (Fsp3) is 0.417. The zero-order chi connectivity index (χ0) is 13.8. The summed E-state index contributed by atoms with van der Waals surface area (Å²) in [7, 11) is 1.67. The van der Waals surface area contributed by atoms with Gasteiger partial charge in [0.2, 0.25) is 0 Å². The molecule has 3 rings (SSSR count). The van der Waals surface area contributed by atoms with E-state index in [0.717, 1.165) is 0 Å².